The summed E-state index contributed by atoms with van der Waals surface area (Å²) in [5.74, 6) is 1.65. The topological polar surface area (TPSA) is 9.23 Å². The summed E-state index contributed by atoms with van der Waals surface area (Å²) in [6, 6.07) is 8.49. The van der Waals surface area contributed by atoms with Gasteiger partial charge in [-0.3, -0.25) is 0 Å². The van der Waals surface area contributed by atoms with Crippen molar-refractivity contribution in [3.63, 3.8) is 0 Å². The van der Waals surface area contributed by atoms with Crippen molar-refractivity contribution in [2.24, 2.45) is 5.41 Å². The van der Waals surface area contributed by atoms with E-state index in [1.54, 1.807) is 0 Å². The molecule has 0 saturated heterocycles. The molecule has 1 aromatic carbocycles. The van der Waals surface area contributed by atoms with Crippen molar-refractivity contribution >= 4 is 15.9 Å². The molecule has 2 heteroatoms. The number of para-hydroxylation sites is 1. The molecule has 0 N–H and O–H groups in total. The molecule has 0 amide bonds. The van der Waals surface area contributed by atoms with Crippen molar-refractivity contribution < 1.29 is 4.74 Å². The second-order valence-electron chi connectivity index (χ2n) is 5.62. The summed E-state index contributed by atoms with van der Waals surface area (Å²) in [5, 5.41) is 1.06. The number of ether oxygens (including phenoxy) is 1. The summed E-state index contributed by atoms with van der Waals surface area (Å²) in [7, 11) is 0. The third-order valence-corrected chi connectivity index (χ3v) is 5.48. The van der Waals surface area contributed by atoms with Crippen molar-refractivity contribution in [2.45, 2.75) is 45.4 Å². The van der Waals surface area contributed by atoms with Crippen molar-refractivity contribution in [2.75, 3.05) is 11.9 Å². The zero-order valence-electron chi connectivity index (χ0n) is 11.4. The Morgan fingerprint density at radius 2 is 2.06 bits per heavy atom. The third-order valence-electron chi connectivity index (χ3n) is 4.29. The average Bonchev–Trinajstić information content (AvgIpc) is 2.37. The molecule has 0 radical (unpaired) electrons. The van der Waals surface area contributed by atoms with Crippen molar-refractivity contribution in [3.8, 4) is 5.75 Å². The molecule has 2 rings (SSSR count). The van der Waals surface area contributed by atoms with Gasteiger partial charge in [0.2, 0.25) is 0 Å². The van der Waals surface area contributed by atoms with E-state index in [2.05, 4.69) is 54.0 Å². The average molecular weight is 311 g/mol. The number of benzene rings is 1. The Hall–Kier alpha value is -0.500. The maximum absolute atomic E-state index is 6.13. The molecule has 100 valence electrons. The van der Waals surface area contributed by atoms with Crippen molar-refractivity contribution in [1.82, 2.24) is 0 Å². The molecule has 1 saturated carbocycles. The minimum atomic E-state index is 0.391. The Kier molecular flexibility index (Phi) is 4.71. The molecule has 1 nitrogen and oxygen atoms in total. The van der Waals surface area contributed by atoms with Crippen molar-refractivity contribution in [3.05, 3.63) is 29.8 Å². The van der Waals surface area contributed by atoms with E-state index in [1.807, 2.05) is 0 Å². The van der Waals surface area contributed by atoms with Gasteiger partial charge in [-0.05, 0) is 36.8 Å². The standard InChI is InChI=1S/C16H23BrO/c1-3-13(2)14-7-4-5-8-15(14)18-12-16(11-17)9-6-10-16/h4-5,7-8,13H,3,6,9-12H2,1-2H3. The van der Waals surface area contributed by atoms with Crippen LogP contribution in [0.25, 0.3) is 0 Å². The largest absolute Gasteiger partial charge is 0.493 e. The van der Waals surface area contributed by atoms with E-state index < -0.39 is 0 Å². The van der Waals surface area contributed by atoms with Crippen LogP contribution in [0.2, 0.25) is 0 Å². The fraction of sp³-hybridized carbons (Fsp3) is 0.625. The van der Waals surface area contributed by atoms with E-state index in [0.29, 0.717) is 11.3 Å². The molecule has 1 aliphatic rings. The molecule has 1 aromatic rings. The van der Waals surface area contributed by atoms with Gasteiger partial charge >= 0.3 is 0 Å². The summed E-state index contributed by atoms with van der Waals surface area (Å²) in [4.78, 5) is 0. The SMILES string of the molecule is CCC(C)c1ccccc1OCC1(CBr)CCC1. The highest BCUT2D eigenvalue weighted by Gasteiger charge is 2.36. The second-order valence-corrected chi connectivity index (χ2v) is 6.18. The molecule has 1 unspecified atom stereocenters. The summed E-state index contributed by atoms with van der Waals surface area (Å²) >= 11 is 3.64. The highest BCUT2D eigenvalue weighted by atomic mass is 79.9. The monoisotopic (exact) mass is 310 g/mol. The van der Waals surface area contributed by atoms with Gasteiger partial charge in [-0.1, -0.05) is 54.4 Å². The number of hydrogen-bond donors (Lipinski definition) is 0. The Balaban J connectivity index is 2.04. The molecule has 1 aliphatic carbocycles. The van der Waals surface area contributed by atoms with E-state index in [4.69, 9.17) is 4.74 Å². The molecule has 0 aromatic heterocycles. The van der Waals surface area contributed by atoms with Gasteiger partial charge in [0.05, 0.1) is 6.61 Å². The normalized spacial score (nSPS) is 19.1. The summed E-state index contributed by atoms with van der Waals surface area (Å²) < 4.78 is 6.13. The molecule has 18 heavy (non-hydrogen) atoms. The minimum absolute atomic E-state index is 0.391. The number of rotatable bonds is 6. The number of halogens is 1. The quantitative estimate of drug-likeness (QED) is 0.661. The van der Waals surface area contributed by atoms with Crippen LogP contribution in [0.15, 0.2) is 24.3 Å². The van der Waals surface area contributed by atoms with Crippen LogP contribution in [0.4, 0.5) is 0 Å². The molecule has 1 fully saturated rings. The third kappa shape index (κ3) is 2.90. The van der Waals surface area contributed by atoms with Gasteiger partial charge < -0.3 is 4.74 Å². The van der Waals surface area contributed by atoms with Gasteiger partial charge in [0.25, 0.3) is 0 Å². The number of alkyl halides is 1. The Morgan fingerprint density at radius 3 is 2.61 bits per heavy atom. The highest BCUT2D eigenvalue weighted by molar-refractivity contribution is 9.09. The Bertz CT molecular complexity index is 379. The lowest BCUT2D eigenvalue weighted by Gasteiger charge is -2.40. The smallest absolute Gasteiger partial charge is 0.122 e. The van der Waals surface area contributed by atoms with Crippen LogP contribution in [-0.2, 0) is 0 Å². The van der Waals surface area contributed by atoms with Gasteiger partial charge in [-0.2, -0.15) is 0 Å². The second kappa shape index (κ2) is 6.10. The Labute approximate surface area is 119 Å². The van der Waals surface area contributed by atoms with E-state index in [1.165, 1.54) is 24.8 Å². The van der Waals surface area contributed by atoms with E-state index in [9.17, 15) is 0 Å². The molecule has 0 spiro atoms. The first-order valence-corrected chi connectivity index (χ1v) is 8.10. The van der Waals surface area contributed by atoms with Crippen LogP contribution in [-0.4, -0.2) is 11.9 Å². The predicted molar refractivity (Wildman–Crippen MR) is 80.7 cm³/mol. The predicted octanol–water partition coefficient (Wildman–Crippen LogP) is 5.14. The Morgan fingerprint density at radius 1 is 1.33 bits per heavy atom. The maximum Gasteiger partial charge on any atom is 0.122 e. The van der Waals surface area contributed by atoms with Crippen LogP contribution >= 0.6 is 15.9 Å². The van der Waals surface area contributed by atoms with Crippen LogP contribution in [0, 0.1) is 5.41 Å². The molecule has 0 bridgehead atoms. The fourth-order valence-corrected chi connectivity index (χ4v) is 3.19. The van der Waals surface area contributed by atoms with Gasteiger partial charge in [-0.25, -0.2) is 0 Å². The summed E-state index contributed by atoms with van der Waals surface area (Å²) in [6.07, 6.45) is 5.10. The zero-order valence-corrected chi connectivity index (χ0v) is 13.0. The van der Waals surface area contributed by atoms with E-state index in [0.717, 1.165) is 24.1 Å². The van der Waals surface area contributed by atoms with Gasteiger partial charge in [-0.15, -0.1) is 0 Å². The zero-order chi connectivity index (χ0) is 13.0. The fourth-order valence-electron chi connectivity index (χ4n) is 2.46. The molecular weight excluding hydrogens is 288 g/mol. The van der Waals surface area contributed by atoms with E-state index in [-0.39, 0.29) is 0 Å². The maximum atomic E-state index is 6.13. The molecular formula is C16H23BrO. The van der Waals surface area contributed by atoms with Gasteiger partial charge in [0, 0.05) is 10.7 Å². The van der Waals surface area contributed by atoms with Gasteiger partial charge in [0.15, 0.2) is 0 Å². The number of hydrogen-bond acceptors (Lipinski definition) is 1. The summed E-state index contributed by atoms with van der Waals surface area (Å²) in [6.45, 7) is 5.35. The molecule has 1 atom stereocenters. The summed E-state index contributed by atoms with van der Waals surface area (Å²) in [5.41, 5.74) is 1.74. The lowest BCUT2D eigenvalue weighted by molar-refractivity contribution is 0.0830. The molecule has 0 heterocycles. The van der Waals surface area contributed by atoms with Crippen LogP contribution in [0.3, 0.4) is 0 Å². The molecule has 0 aliphatic heterocycles. The van der Waals surface area contributed by atoms with Crippen LogP contribution in [0.1, 0.15) is 51.0 Å². The highest BCUT2D eigenvalue weighted by Crippen LogP contribution is 2.43. The first-order valence-electron chi connectivity index (χ1n) is 6.98. The first kappa shape index (κ1) is 13.9. The van der Waals surface area contributed by atoms with Gasteiger partial charge in [0.1, 0.15) is 5.75 Å². The lowest BCUT2D eigenvalue weighted by atomic mass is 9.71. The van der Waals surface area contributed by atoms with E-state index >= 15 is 0 Å². The minimum Gasteiger partial charge on any atom is -0.493 e. The lowest BCUT2D eigenvalue weighted by Crippen LogP contribution is -2.37. The van der Waals surface area contributed by atoms with Crippen LogP contribution in [0.5, 0.6) is 5.75 Å². The van der Waals surface area contributed by atoms with Crippen LogP contribution < -0.4 is 4.74 Å². The van der Waals surface area contributed by atoms with Crippen molar-refractivity contribution in [1.29, 1.82) is 0 Å². The first-order chi connectivity index (χ1) is 8.71.